The molecule has 0 radical (unpaired) electrons. The highest BCUT2D eigenvalue weighted by Crippen LogP contribution is 2.39. The number of hydrogen-bond acceptors (Lipinski definition) is 3. The first-order valence-corrected chi connectivity index (χ1v) is 8.88. The van der Waals surface area contributed by atoms with Crippen molar-refractivity contribution in [3.8, 4) is 11.5 Å². The van der Waals surface area contributed by atoms with Gasteiger partial charge in [-0.2, -0.15) is 0 Å². The van der Waals surface area contributed by atoms with Crippen molar-refractivity contribution >= 4 is 5.91 Å². The predicted molar refractivity (Wildman–Crippen MR) is 98.0 cm³/mol. The van der Waals surface area contributed by atoms with Crippen LogP contribution in [-0.4, -0.2) is 31.6 Å². The molecular formula is C21H24FNO3. The van der Waals surface area contributed by atoms with Crippen molar-refractivity contribution in [3.05, 3.63) is 59.4 Å². The first kappa shape index (κ1) is 18.2. The van der Waals surface area contributed by atoms with Gasteiger partial charge in [-0.25, -0.2) is 4.39 Å². The van der Waals surface area contributed by atoms with Crippen LogP contribution in [-0.2, 0) is 11.2 Å². The molecule has 2 aromatic carbocycles. The number of carbonyl (C=O) groups excluding carboxylic acids is 1. The van der Waals surface area contributed by atoms with Gasteiger partial charge >= 0.3 is 0 Å². The van der Waals surface area contributed by atoms with Crippen molar-refractivity contribution in [2.75, 3.05) is 20.8 Å². The second kappa shape index (κ2) is 8.21. The summed E-state index contributed by atoms with van der Waals surface area (Å²) in [6.07, 6.45) is 2.89. The molecule has 138 valence electrons. The summed E-state index contributed by atoms with van der Waals surface area (Å²) in [6.45, 7) is 0.743. The molecule has 3 rings (SSSR count). The molecule has 0 spiro atoms. The maximum atomic E-state index is 13.0. The molecule has 1 aliphatic heterocycles. The maximum absolute atomic E-state index is 13.0. The van der Waals surface area contributed by atoms with Crippen molar-refractivity contribution in [2.24, 2.45) is 0 Å². The molecule has 1 fully saturated rings. The number of aryl methyl sites for hydroxylation is 1. The van der Waals surface area contributed by atoms with E-state index in [1.165, 1.54) is 12.1 Å². The monoisotopic (exact) mass is 357 g/mol. The minimum Gasteiger partial charge on any atom is -0.497 e. The first-order chi connectivity index (χ1) is 12.6. The third-order valence-corrected chi connectivity index (χ3v) is 4.91. The van der Waals surface area contributed by atoms with E-state index >= 15 is 0 Å². The van der Waals surface area contributed by atoms with Crippen LogP contribution in [0, 0.1) is 5.82 Å². The molecule has 1 amide bonds. The van der Waals surface area contributed by atoms with Crippen LogP contribution in [0.3, 0.4) is 0 Å². The Kier molecular flexibility index (Phi) is 5.76. The number of benzene rings is 2. The van der Waals surface area contributed by atoms with Gasteiger partial charge in [-0.3, -0.25) is 4.79 Å². The Balaban J connectivity index is 1.73. The quantitative estimate of drug-likeness (QED) is 0.780. The highest BCUT2D eigenvalue weighted by Gasteiger charge is 2.31. The summed E-state index contributed by atoms with van der Waals surface area (Å²) in [5.41, 5.74) is 1.95. The fraction of sp³-hybridized carbons (Fsp3) is 0.381. The number of nitrogens with zero attached hydrogens (tertiary/aromatic N) is 1. The summed E-state index contributed by atoms with van der Waals surface area (Å²) in [5, 5.41) is 0. The van der Waals surface area contributed by atoms with Gasteiger partial charge in [0.1, 0.15) is 17.3 Å². The summed E-state index contributed by atoms with van der Waals surface area (Å²) >= 11 is 0. The molecule has 1 heterocycles. The van der Waals surface area contributed by atoms with Crippen molar-refractivity contribution < 1.29 is 18.7 Å². The van der Waals surface area contributed by atoms with E-state index in [-0.39, 0.29) is 17.8 Å². The predicted octanol–water partition coefficient (Wildman–Crippen LogP) is 4.14. The Labute approximate surface area is 153 Å². The summed E-state index contributed by atoms with van der Waals surface area (Å²) in [6, 6.07) is 12.0. The molecular weight excluding hydrogens is 333 g/mol. The third-order valence-electron chi connectivity index (χ3n) is 4.91. The fourth-order valence-corrected chi connectivity index (χ4v) is 3.53. The molecule has 1 aliphatic rings. The average Bonchev–Trinajstić information content (AvgIpc) is 3.16. The lowest BCUT2D eigenvalue weighted by atomic mass is 10.0. The summed E-state index contributed by atoms with van der Waals surface area (Å²) in [5.74, 6) is 1.38. The molecule has 0 bridgehead atoms. The van der Waals surface area contributed by atoms with Crippen LogP contribution in [0.4, 0.5) is 4.39 Å². The van der Waals surface area contributed by atoms with Gasteiger partial charge in [0.15, 0.2) is 0 Å². The van der Waals surface area contributed by atoms with E-state index in [1.54, 1.807) is 26.4 Å². The molecule has 26 heavy (non-hydrogen) atoms. The summed E-state index contributed by atoms with van der Waals surface area (Å²) < 4.78 is 23.8. The number of amides is 1. The molecule has 0 saturated carbocycles. The number of ether oxygens (including phenoxy) is 2. The Bertz CT molecular complexity index is 760. The van der Waals surface area contributed by atoms with Crippen molar-refractivity contribution in [3.63, 3.8) is 0 Å². The smallest absolute Gasteiger partial charge is 0.223 e. The highest BCUT2D eigenvalue weighted by molar-refractivity contribution is 5.77. The third kappa shape index (κ3) is 3.98. The van der Waals surface area contributed by atoms with E-state index in [2.05, 4.69) is 0 Å². The number of carbonyl (C=O) groups is 1. The number of methoxy groups -OCH3 is 2. The van der Waals surface area contributed by atoms with Gasteiger partial charge < -0.3 is 14.4 Å². The van der Waals surface area contributed by atoms with Gasteiger partial charge in [-0.15, -0.1) is 0 Å². The number of hydrogen-bond donors (Lipinski definition) is 0. The Morgan fingerprint density at radius 3 is 2.62 bits per heavy atom. The van der Waals surface area contributed by atoms with Gasteiger partial charge in [0.2, 0.25) is 5.91 Å². The van der Waals surface area contributed by atoms with Crippen LogP contribution in [0.1, 0.15) is 36.4 Å². The first-order valence-electron chi connectivity index (χ1n) is 8.88. The molecule has 1 atom stereocenters. The van der Waals surface area contributed by atoms with Crippen molar-refractivity contribution in [1.82, 2.24) is 4.90 Å². The van der Waals surface area contributed by atoms with E-state index in [4.69, 9.17) is 9.47 Å². The van der Waals surface area contributed by atoms with Crippen molar-refractivity contribution in [2.45, 2.75) is 31.7 Å². The number of likely N-dealkylation sites (tertiary alicyclic amines) is 1. The lowest BCUT2D eigenvalue weighted by Crippen LogP contribution is -2.31. The lowest BCUT2D eigenvalue weighted by Gasteiger charge is -2.27. The van der Waals surface area contributed by atoms with E-state index in [0.29, 0.717) is 12.8 Å². The van der Waals surface area contributed by atoms with Crippen molar-refractivity contribution in [1.29, 1.82) is 0 Å². The van der Waals surface area contributed by atoms with Crippen LogP contribution in [0.5, 0.6) is 11.5 Å². The topological polar surface area (TPSA) is 38.8 Å². The average molecular weight is 357 g/mol. The second-order valence-corrected chi connectivity index (χ2v) is 6.48. The molecule has 0 N–H and O–H groups in total. The van der Waals surface area contributed by atoms with Crippen LogP contribution in [0.15, 0.2) is 42.5 Å². The zero-order valence-corrected chi connectivity index (χ0v) is 15.2. The number of halogens is 1. The minimum atomic E-state index is -0.259. The van der Waals surface area contributed by atoms with Crippen LogP contribution < -0.4 is 9.47 Å². The largest absolute Gasteiger partial charge is 0.497 e. The Morgan fingerprint density at radius 2 is 1.92 bits per heavy atom. The number of rotatable bonds is 6. The minimum absolute atomic E-state index is 0.000711. The van der Waals surface area contributed by atoms with Crippen LogP contribution in [0.25, 0.3) is 0 Å². The van der Waals surface area contributed by atoms with E-state index in [1.807, 2.05) is 23.1 Å². The molecule has 4 nitrogen and oxygen atoms in total. The van der Waals surface area contributed by atoms with Gasteiger partial charge in [-0.05, 0) is 55.2 Å². The zero-order chi connectivity index (χ0) is 18.5. The highest BCUT2D eigenvalue weighted by atomic mass is 19.1. The summed E-state index contributed by atoms with van der Waals surface area (Å²) in [4.78, 5) is 14.7. The SMILES string of the molecule is COc1ccc(OC)c(C2CCCN2C(=O)CCc2ccc(F)cc2)c1. The van der Waals surface area contributed by atoms with Gasteiger partial charge in [-0.1, -0.05) is 12.1 Å². The van der Waals surface area contributed by atoms with Gasteiger partial charge in [0.05, 0.1) is 20.3 Å². The zero-order valence-electron chi connectivity index (χ0n) is 15.2. The Hall–Kier alpha value is -2.56. The van der Waals surface area contributed by atoms with E-state index < -0.39 is 0 Å². The molecule has 0 aliphatic carbocycles. The molecule has 1 unspecified atom stereocenters. The maximum Gasteiger partial charge on any atom is 0.223 e. The van der Waals surface area contributed by atoms with E-state index in [0.717, 1.165) is 42.0 Å². The second-order valence-electron chi connectivity index (χ2n) is 6.48. The standard InChI is InChI=1S/C21H24FNO3/c1-25-17-10-11-20(26-2)18(14-17)19-4-3-13-23(19)21(24)12-7-15-5-8-16(22)9-6-15/h5-6,8-11,14,19H,3-4,7,12-13H2,1-2H3. The van der Waals surface area contributed by atoms with E-state index in [9.17, 15) is 9.18 Å². The molecule has 2 aromatic rings. The lowest BCUT2D eigenvalue weighted by molar-refractivity contribution is -0.132. The Morgan fingerprint density at radius 1 is 1.15 bits per heavy atom. The molecule has 1 saturated heterocycles. The van der Waals surface area contributed by atoms with Gasteiger partial charge in [0, 0.05) is 18.5 Å². The molecule has 0 aromatic heterocycles. The summed E-state index contributed by atoms with van der Waals surface area (Å²) in [7, 11) is 3.27. The van der Waals surface area contributed by atoms with Crippen LogP contribution >= 0.6 is 0 Å². The van der Waals surface area contributed by atoms with Gasteiger partial charge in [0.25, 0.3) is 0 Å². The molecule has 5 heteroatoms. The van der Waals surface area contributed by atoms with Crippen LogP contribution in [0.2, 0.25) is 0 Å². The fourth-order valence-electron chi connectivity index (χ4n) is 3.53. The normalized spacial score (nSPS) is 16.6.